The summed E-state index contributed by atoms with van der Waals surface area (Å²) in [6.45, 7) is 0. The molecule has 3 aromatic rings. The van der Waals surface area contributed by atoms with E-state index in [-0.39, 0.29) is 1.43 Å². The van der Waals surface area contributed by atoms with Crippen molar-refractivity contribution < 1.29 is 1.43 Å². The minimum atomic E-state index is -2.17. The topological polar surface area (TPSA) is 0 Å². The van der Waals surface area contributed by atoms with Crippen molar-refractivity contribution in [2.45, 2.75) is 0 Å². The van der Waals surface area contributed by atoms with Crippen LogP contribution in [0.25, 0.3) is 0 Å². The van der Waals surface area contributed by atoms with Crippen LogP contribution in [0.4, 0.5) is 0 Å². The normalized spacial score (nSPS) is 10.6. The molecule has 0 unspecified atom stereocenters. The van der Waals surface area contributed by atoms with E-state index in [0.29, 0.717) is 0 Å². The fourth-order valence-corrected chi connectivity index (χ4v) is 12.3. The van der Waals surface area contributed by atoms with Gasteiger partial charge in [-0.05, 0) is 0 Å². The minimum absolute atomic E-state index is 0. The molecule has 0 aliphatic carbocycles. The third-order valence-corrected chi connectivity index (χ3v) is 13.8. The fourth-order valence-electron chi connectivity index (χ4n) is 2.31. The summed E-state index contributed by atoms with van der Waals surface area (Å²) in [7, 11) is 0. The van der Waals surface area contributed by atoms with Gasteiger partial charge in [0.05, 0.1) is 0 Å². The number of hydrogen-bond donors (Lipinski definition) is 0. The molecule has 3 aromatic carbocycles. The molecule has 0 nitrogen and oxygen atoms in total. The SMILES string of the molecule is [H-].c1cc[c]([Pb]([c]2ccccc2)[c]2ccccc2)cc1. The average molecular weight is 440 g/mol. The van der Waals surface area contributed by atoms with Crippen LogP contribution in [0.3, 0.4) is 0 Å². The van der Waals surface area contributed by atoms with Gasteiger partial charge in [-0.25, -0.2) is 0 Å². The van der Waals surface area contributed by atoms with Gasteiger partial charge in [-0.3, -0.25) is 0 Å². The molecule has 0 bridgehead atoms. The Morgan fingerprint density at radius 1 is 0.421 bits per heavy atom. The van der Waals surface area contributed by atoms with E-state index in [1.807, 2.05) is 0 Å². The molecule has 0 N–H and O–H groups in total. The Bertz CT molecular complexity index is 529. The molecule has 0 atom stereocenters. The van der Waals surface area contributed by atoms with Crippen LogP contribution in [0.1, 0.15) is 1.43 Å². The molecule has 0 heterocycles. The summed E-state index contributed by atoms with van der Waals surface area (Å²) in [6, 6.07) is 33.0. The van der Waals surface area contributed by atoms with Crippen LogP contribution in [-0.4, -0.2) is 22.7 Å². The van der Waals surface area contributed by atoms with Crippen molar-refractivity contribution in [1.29, 1.82) is 0 Å². The van der Waals surface area contributed by atoms with Crippen molar-refractivity contribution in [2.24, 2.45) is 0 Å². The van der Waals surface area contributed by atoms with Crippen molar-refractivity contribution in [3.63, 3.8) is 0 Å². The Morgan fingerprint density at radius 2 is 0.684 bits per heavy atom. The molecule has 1 radical (unpaired) electrons. The third kappa shape index (κ3) is 2.95. The zero-order valence-electron chi connectivity index (χ0n) is 11.7. The zero-order chi connectivity index (χ0) is 12.9. The van der Waals surface area contributed by atoms with E-state index in [1.165, 1.54) is 0 Å². The van der Waals surface area contributed by atoms with E-state index in [2.05, 4.69) is 91.0 Å². The quantitative estimate of drug-likeness (QED) is 0.550. The summed E-state index contributed by atoms with van der Waals surface area (Å²) in [6.07, 6.45) is 0. The number of benzene rings is 3. The van der Waals surface area contributed by atoms with Gasteiger partial charge >= 0.3 is 123 Å². The number of rotatable bonds is 3. The van der Waals surface area contributed by atoms with E-state index in [4.69, 9.17) is 0 Å². The van der Waals surface area contributed by atoms with Crippen molar-refractivity contribution in [3.8, 4) is 0 Å². The van der Waals surface area contributed by atoms with Gasteiger partial charge in [0.1, 0.15) is 0 Å². The first kappa shape index (κ1) is 12.6. The summed E-state index contributed by atoms with van der Waals surface area (Å²) < 4.78 is 4.64. The second-order valence-corrected chi connectivity index (χ2v) is 14.1. The molecule has 0 saturated carbocycles. The molecule has 0 aliphatic rings. The Kier molecular flexibility index (Phi) is 4.08. The van der Waals surface area contributed by atoms with Gasteiger partial charge in [0.25, 0.3) is 0 Å². The molecule has 0 spiro atoms. The molecule has 93 valence electrons. The first-order chi connectivity index (χ1) is 9.45. The summed E-state index contributed by atoms with van der Waals surface area (Å²) in [5, 5.41) is 0. The first-order valence-electron chi connectivity index (χ1n) is 6.48. The van der Waals surface area contributed by atoms with Crippen LogP contribution in [0, 0.1) is 0 Å². The Balaban J connectivity index is 0.00000147. The predicted molar refractivity (Wildman–Crippen MR) is 85.1 cm³/mol. The summed E-state index contributed by atoms with van der Waals surface area (Å²) >= 11 is -2.17. The number of hydrogen-bond acceptors (Lipinski definition) is 0. The van der Waals surface area contributed by atoms with Crippen molar-refractivity contribution in [2.75, 3.05) is 0 Å². The monoisotopic (exact) mass is 440 g/mol. The van der Waals surface area contributed by atoms with Crippen molar-refractivity contribution in [1.82, 2.24) is 0 Å². The van der Waals surface area contributed by atoms with Gasteiger partial charge in [0, 0.05) is 0 Å². The van der Waals surface area contributed by atoms with E-state index in [9.17, 15) is 0 Å². The van der Waals surface area contributed by atoms with Gasteiger partial charge in [0.15, 0.2) is 0 Å². The molecular formula is C18H16Pb-. The van der Waals surface area contributed by atoms with Crippen LogP contribution >= 0.6 is 0 Å². The van der Waals surface area contributed by atoms with Gasteiger partial charge in [-0.1, -0.05) is 0 Å². The fraction of sp³-hybridized carbons (Fsp3) is 0. The van der Waals surface area contributed by atoms with Crippen molar-refractivity contribution in [3.05, 3.63) is 91.0 Å². The molecule has 0 aliphatic heterocycles. The molecule has 0 aromatic heterocycles. The second-order valence-electron chi connectivity index (χ2n) is 4.47. The average Bonchev–Trinajstić information content (AvgIpc) is 2.51. The maximum atomic E-state index is 2.29. The Morgan fingerprint density at radius 3 is 0.947 bits per heavy atom. The first-order valence-corrected chi connectivity index (χ1v) is 12.3. The third-order valence-electron chi connectivity index (χ3n) is 3.19. The van der Waals surface area contributed by atoms with Crippen LogP contribution < -0.4 is 9.37 Å². The summed E-state index contributed by atoms with van der Waals surface area (Å²) in [4.78, 5) is 0. The molecule has 1 heteroatoms. The van der Waals surface area contributed by atoms with Gasteiger partial charge in [-0.2, -0.15) is 0 Å². The Labute approximate surface area is 124 Å². The summed E-state index contributed by atoms with van der Waals surface area (Å²) in [5.74, 6) is 0. The van der Waals surface area contributed by atoms with Crippen molar-refractivity contribution >= 4 is 32.1 Å². The molecule has 3 rings (SSSR count). The summed E-state index contributed by atoms with van der Waals surface area (Å²) in [5.41, 5.74) is 0. The maximum absolute atomic E-state index is 2.29. The second kappa shape index (κ2) is 6.15. The molecule has 0 saturated heterocycles. The Hall–Kier alpha value is -1.42. The van der Waals surface area contributed by atoms with Crippen LogP contribution in [0.15, 0.2) is 91.0 Å². The van der Waals surface area contributed by atoms with Crippen LogP contribution in [0.2, 0.25) is 0 Å². The molecule has 0 fully saturated rings. The van der Waals surface area contributed by atoms with E-state index >= 15 is 0 Å². The van der Waals surface area contributed by atoms with Gasteiger partial charge < -0.3 is 1.43 Å². The predicted octanol–water partition coefficient (Wildman–Crippen LogP) is 2.32. The van der Waals surface area contributed by atoms with Gasteiger partial charge in [-0.15, -0.1) is 0 Å². The van der Waals surface area contributed by atoms with E-state index in [0.717, 1.165) is 0 Å². The van der Waals surface area contributed by atoms with E-state index in [1.54, 1.807) is 9.37 Å². The molecule has 0 amide bonds. The molecular weight excluding hydrogens is 423 g/mol. The van der Waals surface area contributed by atoms with Gasteiger partial charge in [0.2, 0.25) is 0 Å². The van der Waals surface area contributed by atoms with Crippen LogP contribution in [-0.2, 0) is 0 Å². The standard InChI is InChI=1S/3C6H5.Pb.H/c3*1-2-4-6-5-3-1;;/h3*1-5H;;/q;;;;-1. The molecule has 19 heavy (non-hydrogen) atoms. The van der Waals surface area contributed by atoms with E-state index < -0.39 is 22.7 Å². The zero-order valence-corrected chi connectivity index (χ0v) is 14.5. The van der Waals surface area contributed by atoms with Crippen LogP contribution in [0.5, 0.6) is 0 Å².